The lowest BCUT2D eigenvalue weighted by atomic mass is 9.87. The van der Waals surface area contributed by atoms with Gasteiger partial charge in [0, 0.05) is 31.7 Å². The van der Waals surface area contributed by atoms with Gasteiger partial charge in [-0.1, -0.05) is 30.3 Å². The first-order valence-corrected chi connectivity index (χ1v) is 10.3. The van der Waals surface area contributed by atoms with E-state index in [1.165, 1.54) is 16.0 Å². The van der Waals surface area contributed by atoms with Crippen molar-refractivity contribution in [3.63, 3.8) is 0 Å². The summed E-state index contributed by atoms with van der Waals surface area (Å²) < 4.78 is 0. The molecule has 1 aliphatic heterocycles. The molecule has 1 fully saturated rings. The summed E-state index contributed by atoms with van der Waals surface area (Å²) in [6.07, 6.45) is 3.72. The zero-order valence-corrected chi connectivity index (χ0v) is 16.8. The van der Waals surface area contributed by atoms with E-state index in [2.05, 4.69) is 23.2 Å². The molecular weight excluding hydrogens is 366 g/mol. The number of carbonyl (C=O) groups is 2. The van der Waals surface area contributed by atoms with Gasteiger partial charge in [-0.25, -0.2) is 9.78 Å². The Morgan fingerprint density at radius 3 is 2.59 bits per heavy atom. The van der Waals surface area contributed by atoms with Gasteiger partial charge in [-0.05, 0) is 55.4 Å². The van der Waals surface area contributed by atoms with Crippen molar-refractivity contribution < 1.29 is 14.7 Å². The van der Waals surface area contributed by atoms with E-state index >= 15 is 0 Å². The molecule has 29 heavy (non-hydrogen) atoms. The number of rotatable bonds is 3. The lowest BCUT2D eigenvalue weighted by molar-refractivity contribution is 0.0708. The van der Waals surface area contributed by atoms with Crippen molar-refractivity contribution in [1.82, 2.24) is 14.8 Å². The molecule has 2 aromatic rings. The lowest BCUT2D eigenvalue weighted by Crippen LogP contribution is -2.37. The first kappa shape index (κ1) is 19.4. The molecule has 1 aliphatic carbocycles. The van der Waals surface area contributed by atoms with Crippen LogP contribution in [0.5, 0.6) is 0 Å². The zero-order valence-electron chi connectivity index (χ0n) is 16.8. The second-order valence-electron chi connectivity index (χ2n) is 8.01. The molecule has 0 radical (unpaired) electrons. The third kappa shape index (κ3) is 3.97. The quantitative estimate of drug-likeness (QED) is 0.852. The van der Waals surface area contributed by atoms with Crippen molar-refractivity contribution in [3.05, 3.63) is 65.0 Å². The molecule has 4 rings (SSSR count). The third-order valence-corrected chi connectivity index (χ3v) is 6.30. The van der Waals surface area contributed by atoms with Crippen LogP contribution in [0, 0.1) is 0 Å². The zero-order chi connectivity index (χ0) is 20.4. The van der Waals surface area contributed by atoms with Crippen molar-refractivity contribution in [2.24, 2.45) is 0 Å². The monoisotopic (exact) mass is 393 g/mol. The van der Waals surface area contributed by atoms with Gasteiger partial charge >= 0.3 is 6.09 Å². The maximum absolute atomic E-state index is 13.2. The van der Waals surface area contributed by atoms with Gasteiger partial charge in [-0.2, -0.15) is 0 Å². The van der Waals surface area contributed by atoms with Gasteiger partial charge in [0.25, 0.3) is 5.91 Å². The van der Waals surface area contributed by atoms with E-state index in [0.717, 1.165) is 37.8 Å². The summed E-state index contributed by atoms with van der Waals surface area (Å²) in [5.41, 5.74) is 3.93. The number of carboxylic acid groups (broad SMARTS) is 1. The average molecular weight is 393 g/mol. The molecule has 0 bridgehead atoms. The highest BCUT2D eigenvalue weighted by Crippen LogP contribution is 2.34. The molecule has 152 valence electrons. The van der Waals surface area contributed by atoms with Crippen LogP contribution < -0.4 is 0 Å². The Balaban J connectivity index is 1.50. The maximum atomic E-state index is 13.2. The van der Waals surface area contributed by atoms with Gasteiger partial charge in [-0.3, -0.25) is 4.79 Å². The van der Waals surface area contributed by atoms with Crippen LogP contribution >= 0.6 is 0 Å². The van der Waals surface area contributed by atoms with E-state index in [9.17, 15) is 9.59 Å². The van der Waals surface area contributed by atoms with E-state index < -0.39 is 6.09 Å². The number of aryl methyl sites for hydroxylation is 1. The molecule has 6 heteroatoms. The number of amides is 2. The van der Waals surface area contributed by atoms with Crippen LogP contribution in [0.4, 0.5) is 4.79 Å². The number of benzene rings is 1. The van der Waals surface area contributed by atoms with E-state index in [-0.39, 0.29) is 17.9 Å². The summed E-state index contributed by atoms with van der Waals surface area (Å²) in [5, 5.41) is 9.13. The molecule has 1 saturated heterocycles. The number of carbonyl (C=O) groups excluding carboxylic acids is 1. The minimum absolute atomic E-state index is 0.0588. The fourth-order valence-corrected chi connectivity index (χ4v) is 4.62. The van der Waals surface area contributed by atoms with Crippen molar-refractivity contribution >= 4 is 12.0 Å². The molecule has 1 atom stereocenters. The Morgan fingerprint density at radius 1 is 1.07 bits per heavy atom. The second-order valence-corrected chi connectivity index (χ2v) is 8.01. The Morgan fingerprint density at radius 2 is 1.83 bits per heavy atom. The number of hydrogen-bond acceptors (Lipinski definition) is 3. The first-order chi connectivity index (χ1) is 14.0. The Hall–Kier alpha value is -2.89. The highest BCUT2D eigenvalue weighted by Gasteiger charge is 2.29. The minimum Gasteiger partial charge on any atom is -0.465 e. The van der Waals surface area contributed by atoms with Crippen LogP contribution in [0.1, 0.15) is 65.0 Å². The molecule has 2 heterocycles. The molecule has 0 spiro atoms. The van der Waals surface area contributed by atoms with Gasteiger partial charge in [0.05, 0.1) is 6.04 Å². The fourth-order valence-electron chi connectivity index (χ4n) is 4.62. The predicted molar refractivity (Wildman–Crippen MR) is 110 cm³/mol. The molecule has 1 aromatic carbocycles. The summed E-state index contributed by atoms with van der Waals surface area (Å²) in [6, 6.07) is 14.1. The van der Waals surface area contributed by atoms with E-state index in [1.54, 1.807) is 6.07 Å². The van der Waals surface area contributed by atoms with Gasteiger partial charge in [0.2, 0.25) is 0 Å². The Kier molecular flexibility index (Phi) is 5.51. The van der Waals surface area contributed by atoms with Gasteiger partial charge < -0.3 is 14.9 Å². The van der Waals surface area contributed by atoms with Crippen molar-refractivity contribution in [2.45, 2.75) is 44.1 Å². The Bertz CT molecular complexity index is 906. The maximum Gasteiger partial charge on any atom is 0.407 e. The summed E-state index contributed by atoms with van der Waals surface area (Å²) in [4.78, 5) is 32.3. The number of aromatic nitrogens is 1. The predicted octanol–water partition coefficient (Wildman–Crippen LogP) is 4.09. The van der Waals surface area contributed by atoms with Gasteiger partial charge in [0.1, 0.15) is 5.69 Å². The van der Waals surface area contributed by atoms with E-state index in [1.807, 2.05) is 30.1 Å². The van der Waals surface area contributed by atoms with E-state index in [0.29, 0.717) is 18.8 Å². The van der Waals surface area contributed by atoms with Crippen LogP contribution in [0.25, 0.3) is 0 Å². The molecule has 2 aliphatic rings. The van der Waals surface area contributed by atoms with Crippen LogP contribution in [-0.2, 0) is 6.42 Å². The highest BCUT2D eigenvalue weighted by molar-refractivity contribution is 5.92. The normalized spacial score (nSPS) is 19.5. The molecular formula is C23H27N3O3. The standard InChI is InChI=1S/C23H27N3O3/c1-25(21-11-4-7-16-6-2-3-8-18(16)21)22(27)20-10-5-9-19(24-20)17-12-14-26(15-13-17)23(28)29/h2-3,5-6,8-10,17,21H,4,7,11-15H2,1H3,(H,28,29). The Labute approximate surface area is 171 Å². The summed E-state index contributed by atoms with van der Waals surface area (Å²) in [5.74, 6) is 0.135. The number of hydrogen-bond donors (Lipinski definition) is 1. The number of likely N-dealkylation sites (tertiary alicyclic amines) is 1. The SMILES string of the molecule is CN(C(=O)c1cccc(C2CCN(C(=O)O)CC2)n1)C1CCCc2ccccc21. The molecule has 2 amide bonds. The second kappa shape index (κ2) is 8.23. The number of fused-ring (bicyclic) bond motifs is 1. The smallest absolute Gasteiger partial charge is 0.407 e. The van der Waals surface area contributed by atoms with Crippen LogP contribution in [-0.4, -0.2) is 52.0 Å². The molecule has 1 unspecified atom stereocenters. The molecule has 1 aromatic heterocycles. The number of pyridine rings is 1. The summed E-state index contributed by atoms with van der Waals surface area (Å²) >= 11 is 0. The van der Waals surface area contributed by atoms with Crippen molar-refractivity contribution in [3.8, 4) is 0 Å². The van der Waals surface area contributed by atoms with Gasteiger partial charge in [-0.15, -0.1) is 0 Å². The summed E-state index contributed by atoms with van der Waals surface area (Å²) in [6.45, 7) is 1.03. The fraction of sp³-hybridized carbons (Fsp3) is 0.435. The molecule has 1 N–H and O–H groups in total. The molecule has 6 nitrogen and oxygen atoms in total. The molecule has 0 saturated carbocycles. The van der Waals surface area contributed by atoms with E-state index in [4.69, 9.17) is 5.11 Å². The van der Waals surface area contributed by atoms with Gasteiger partial charge in [0.15, 0.2) is 0 Å². The third-order valence-electron chi connectivity index (χ3n) is 6.30. The number of nitrogens with zero attached hydrogens (tertiary/aromatic N) is 3. The topological polar surface area (TPSA) is 73.7 Å². The summed E-state index contributed by atoms with van der Waals surface area (Å²) in [7, 11) is 1.87. The van der Waals surface area contributed by atoms with Crippen LogP contribution in [0.2, 0.25) is 0 Å². The largest absolute Gasteiger partial charge is 0.465 e. The highest BCUT2D eigenvalue weighted by atomic mass is 16.4. The average Bonchev–Trinajstić information content (AvgIpc) is 2.78. The first-order valence-electron chi connectivity index (χ1n) is 10.3. The lowest BCUT2D eigenvalue weighted by Gasteiger charge is -2.33. The number of piperidine rings is 1. The minimum atomic E-state index is -0.866. The van der Waals surface area contributed by atoms with Crippen molar-refractivity contribution in [1.29, 1.82) is 0 Å². The van der Waals surface area contributed by atoms with Crippen molar-refractivity contribution in [2.75, 3.05) is 20.1 Å². The van der Waals surface area contributed by atoms with Crippen LogP contribution in [0.15, 0.2) is 42.5 Å². The van der Waals surface area contributed by atoms with Crippen LogP contribution in [0.3, 0.4) is 0 Å².